The number of H-pyrrole nitrogens is 1. The molecular formula is C21H30N6O. The summed E-state index contributed by atoms with van der Waals surface area (Å²) in [6.45, 7) is 6.60. The average Bonchev–Trinajstić information content (AvgIpc) is 3.28. The van der Waals surface area contributed by atoms with Crippen molar-refractivity contribution >= 4 is 22.6 Å². The fourth-order valence-electron chi connectivity index (χ4n) is 4.79. The van der Waals surface area contributed by atoms with Crippen LogP contribution in [-0.4, -0.2) is 64.8 Å². The number of carbonyl (C=O) groups excluding carboxylic acids is 1. The molecule has 2 N–H and O–H groups in total. The van der Waals surface area contributed by atoms with Gasteiger partial charge in [-0.2, -0.15) is 5.10 Å². The van der Waals surface area contributed by atoms with Crippen LogP contribution in [0.5, 0.6) is 0 Å². The van der Waals surface area contributed by atoms with E-state index in [-0.39, 0.29) is 0 Å². The molecule has 0 bridgehead atoms. The molecule has 2 aromatic rings. The van der Waals surface area contributed by atoms with E-state index in [4.69, 9.17) is 0 Å². The topological polar surface area (TPSA) is 77.2 Å². The third-order valence-electron chi connectivity index (χ3n) is 6.56. The number of carbonyl (C=O) groups is 1. The van der Waals surface area contributed by atoms with Crippen molar-refractivity contribution < 1.29 is 4.79 Å². The molecule has 3 aliphatic rings. The molecular weight excluding hydrogens is 352 g/mol. The fraction of sp³-hybridized carbons (Fsp3) is 0.667. The molecule has 1 unspecified atom stereocenters. The maximum absolute atomic E-state index is 12.7. The minimum absolute atomic E-state index is 0.305. The Balaban J connectivity index is 1.36. The van der Waals surface area contributed by atoms with Crippen molar-refractivity contribution in [2.24, 2.45) is 0 Å². The fourth-order valence-corrected chi connectivity index (χ4v) is 4.79. The molecule has 2 aliphatic heterocycles. The summed E-state index contributed by atoms with van der Waals surface area (Å²) in [6, 6.07) is 0.380. The van der Waals surface area contributed by atoms with Gasteiger partial charge < -0.3 is 15.1 Å². The number of nitrogens with zero attached hydrogens (tertiary/aromatic N) is 4. The molecule has 0 spiro atoms. The van der Waals surface area contributed by atoms with E-state index in [9.17, 15) is 4.79 Å². The Labute approximate surface area is 165 Å². The minimum Gasteiger partial charge on any atom is -0.367 e. The quantitative estimate of drug-likeness (QED) is 0.829. The number of pyridine rings is 1. The zero-order valence-corrected chi connectivity index (χ0v) is 16.7. The zero-order chi connectivity index (χ0) is 19.1. The van der Waals surface area contributed by atoms with Gasteiger partial charge in [0.05, 0.1) is 11.1 Å². The maximum atomic E-state index is 12.7. The molecule has 0 aromatic carbocycles. The smallest absolute Gasteiger partial charge is 0.224 e. The van der Waals surface area contributed by atoms with Gasteiger partial charge in [-0.05, 0) is 50.1 Å². The van der Waals surface area contributed by atoms with E-state index in [1.165, 1.54) is 41.6 Å². The number of anilines is 1. The van der Waals surface area contributed by atoms with Crippen molar-refractivity contribution in [3.63, 3.8) is 0 Å². The number of aromatic amines is 1. The lowest BCUT2D eigenvalue weighted by Gasteiger charge is -2.37. The number of amides is 1. The summed E-state index contributed by atoms with van der Waals surface area (Å²) < 4.78 is 0. The van der Waals surface area contributed by atoms with Crippen molar-refractivity contribution in [3.05, 3.63) is 17.5 Å². The first-order valence-electron chi connectivity index (χ1n) is 10.9. The van der Waals surface area contributed by atoms with Crippen LogP contribution < -0.4 is 10.2 Å². The van der Waals surface area contributed by atoms with Crippen LogP contribution in [0.25, 0.3) is 11.0 Å². The molecule has 7 heteroatoms. The summed E-state index contributed by atoms with van der Waals surface area (Å²) >= 11 is 0. The molecule has 3 fully saturated rings. The molecule has 2 aromatic heterocycles. The second kappa shape index (κ2) is 7.35. The molecule has 1 atom stereocenters. The highest BCUT2D eigenvalue weighted by Crippen LogP contribution is 2.46. The molecule has 0 radical (unpaired) electrons. The predicted molar refractivity (Wildman–Crippen MR) is 110 cm³/mol. The highest BCUT2D eigenvalue weighted by atomic mass is 16.2. The second-order valence-corrected chi connectivity index (χ2v) is 8.46. The first-order valence-corrected chi connectivity index (χ1v) is 10.9. The van der Waals surface area contributed by atoms with Gasteiger partial charge in [0.25, 0.3) is 0 Å². The number of hydrogen-bond acceptors (Lipinski definition) is 5. The van der Waals surface area contributed by atoms with Gasteiger partial charge in [0, 0.05) is 50.5 Å². The molecule has 2 saturated heterocycles. The van der Waals surface area contributed by atoms with Crippen molar-refractivity contribution in [2.45, 2.75) is 57.4 Å². The average molecular weight is 383 g/mol. The van der Waals surface area contributed by atoms with Crippen molar-refractivity contribution in [1.29, 1.82) is 0 Å². The van der Waals surface area contributed by atoms with Gasteiger partial charge in [-0.15, -0.1) is 0 Å². The van der Waals surface area contributed by atoms with E-state index in [2.05, 4.69) is 37.2 Å². The van der Waals surface area contributed by atoms with E-state index in [1.807, 2.05) is 6.20 Å². The number of piperazine rings is 1. The number of hydrogen-bond donors (Lipinski definition) is 2. The number of fused-ring (bicyclic) bond motifs is 1. The monoisotopic (exact) mass is 382 g/mol. The molecule has 150 valence electrons. The van der Waals surface area contributed by atoms with Crippen LogP contribution in [0.4, 0.5) is 5.69 Å². The Morgan fingerprint density at radius 3 is 2.71 bits per heavy atom. The summed E-state index contributed by atoms with van der Waals surface area (Å²) in [4.78, 5) is 21.9. The van der Waals surface area contributed by atoms with Gasteiger partial charge >= 0.3 is 0 Å². The van der Waals surface area contributed by atoms with Gasteiger partial charge in [-0.1, -0.05) is 6.92 Å². The molecule has 28 heavy (non-hydrogen) atoms. The first-order chi connectivity index (χ1) is 13.7. The Morgan fingerprint density at radius 2 is 2.04 bits per heavy atom. The summed E-state index contributed by atoms with van der Waals surface area (Å²) in [5, 5.41) is 12.3. The minimum atomic E-state index is 0.305. The molecule has 1 amide bonds. The van der Waals surface area contributed by atoms with Crippen LogP contribution in [0.1, 0.15) is 56.2 Å². The number of nitrogens with one attached hydrogen (secondary N) is 2. The van der Waals surface area contributed by atoms with E-state index < -0.39 is 0 Å². The molecule has 7 nitrogen and oxygen atoms in total. The van der Waals surface area contributed by atoms with Crippen LogP contribution in [0.15, 0.2) is 6.20 Å². The van der Waals surface area contributed by atoms with E-state index >= 15 is 0 Å². The van der Waals surface area contributed by atoms with E-state index in [0.717, 1.165) is 51.2 Å². The van der Waals surface area contributed by atoms with E-state index in [0.29, 0.717) is 24.3 Å². The Hall–Kier alpha value is -2.15. The van der Waals surface area contributed by atoms with Gasteiger partial charge in [0.2, 0.25) is 5.91 Å². The second-order valence-electron chi connectivity index (χ2n) is 8.46. The third kappa shape index (κ3) is 3.26. The van der Waals surface area contributed by atoms with Crippen molar-refractivity contribution in [1.82, 2.24) is 25.4 Å². The lowest BCUT2D eigenvalue weighted by molar-refractivity contribution is -0.131. The summed E-state index contributed by atoms with van der Waals surface area (Å²) in [6.07, 6.45) is 8.45. The van der Waals surface area contributed by atoms with E-state index in [1.54, 1.807) is 0 Å². The Morgan fingerprint density at radius 1 is 1.21 bits per heavy atom. The lowest BCUT2D eigenvalue weighted by Crippen LogP contribution is -2.50. The SMILES string of the molecule is CCc1[nH]nc2ncc(C3CC3)c(N3CCN(C(=O)CC4CCCN4)CC3)c12. The maximum Gasteiger partial charge on any atom is 0.224 e. The van der Waals surface area contributed by atoms with Crippen LogP contribution in [0, 0.1) is 0 Å². The highest BCUT2D eigenvalue weighted by molar-refractivity contribution is 5.94. The Kier molecular flexibility index (Phi) is 4.70. The number of aromatic nitrogens is 3. The normalized spacial score (nSPS) is 23.0. The van der Waals surface area contributed by atoms with Gasteiger partial charge in [-0.3, -0.25) is 9.89 Å². The van der Waals surface area contributed by atoms with Crippen LogP contribution in [0.2, 0.25) is 0 Å². The predicted octanol–water partition coefficient (Wildman–Crippen LogP) is 2.19. The van der Waals surface area contributed by atoms with Crippen LogP contribution in [-0.2, 0) is 11.2 Å². The molecule has 4 heterocycles. The van der Waals surface area contributed by atoms with Gasteiger partial charge in [0.1, 0.15) is 0 Å². The lowest BCUT2D eigenvalue weighted by atomic mass is 10.0. The number of aryl methyl sites for hydroxylation is 1. The molecule has 1 saturated carbocycles. The first kappa shape index (κ1) is 17.9. The highest BCUT2D eigenvalue weighted by Gasteiger charge is 2.32. The van der Waals surface area contributed by atoms with Gasteiger partial charge in [-0.25, -0.2) is 4.98 Å². The Bertz CT molecular complexity index is 859. The number of rotatable bonds is 5. The largest absolute Gasteiger partial charge is 0.367 e. The molecule has 1 aliphatic carbocycles. The van der Waals surface area contributed by atoms with Crippen LogP contribution >= 0.6 is 0 Å². The van der Waals surface area contributed by atoms with Crippen LogP contribution in [0.3, 0.4) is 0 Å². The summed E-state index contributed by atoms with van der Waals surface area (Å²) in [5.74, 6) is 0.943. The zero-order valence-electron chi connectivity index (χ0n) is 16.7. The third-order valence-corrected chi connectivity index (χ3v) is 6.56. The molecule has 5 rings (SSSR count). The summed E-state index contributed by atoms with van der Waals surface area (Å²) in [5.41, 5.74) is 4.69. The van der Waals surface area contributed by atoms with Crippen molar-refractivity contribution in [2.75, 3.05) is 37.6 Å². The summed E-state index contributed by atoms with van der Waals surface area (Å²) in [7, 11) is 0. The van der Waals surface area contributed by atoms with Crippen molar-refractivity contribution in [3.8, 4) is 0 Å². The van der Waals surface area contributed by atoms with Gasteiger partial charge in [0.15, 0.2) is 5.65 Å². The standard InChI is InChI=1S/C21H30N6O/c1-2-17-19-20(16(14-5-6-14)13-23-21(19)25-24-17)27-10-8-26(9-11-27)18(28)12-15-4-3-7-22-15/h13-15,22H,2-12H2,1H3,(H,23,24,25).